The fourth-order valence-corrected chi connectivity index (χ4v) is 3.62. The first-order chi connectivity index (χ1) is 17.9. The standard InChI is InChI=1S/C28H34N2O7/c1-34-15-16-35-24-8-10-25(11-9-24)37-20-23(32)19-30(18-21-5-3-2-4-6-21)13-14-36-27-12-7-22(31)17-26(27)28(29)33/h2-12,17,23,31-32H,13-16,18-20H2,1H3,(H2,29,33). The fraction of sp³-hybridized carbons (Fsp3) is 0.321. The Balaban J connectivity index is 1.54. The highest BCUT2D eigenvalue weighted by Gasteiger charge is 2.15. The molecule has 0 radical (unpaired) electrons. The molecule has 0 spiro atoms. The van der Waals surface area contributed by atoms with E-state index in [0.29, 0.717) is 50.1 Å². The summed E-state index contributed by atoms with van der Waals surface area (Å²) < 4.78 is 22.1. The molecule has 9 nitrogen and oxygen atoms in total. The molecule has 0 saturated carbocycles. The van der Waals surface area contributed by atoms with Crippen molar-refractivity contribution in [3.8, 4) is 23.0 Å². The molecular formula is C28H34N2O7. The summed E-state index contributed by atoms with van der Waals surface area (Å²) in [6.07, 6.45) is -0.754. The second-order valence-corrected chi connectivity index (χ2v) is 8.39. The number of aliphatic hydroxyl groups is 1. The van der Waals surface area contributed by atoms with Crippen LogP contribution in [0.3, 0.4) is 0 Å². The van der Waals surface area contributed by atoms with Gasteiger partial charge in [0.15, 0.2) is 0 Å². The van der Waals surface area contributed by atoms with Gasteiger partial charge in [-0.3, -0.25) is 9.69 Å². The zero-order valence-corrected chi connectivity index (χ0v) is 20.9. The molecule has 0 aliphatic heterocycles. The number of ether oxygens (including phenoxy) is 4. The van der Waals surface area contributed by atoms with Crippen LogP contribution in [0.15, 0.2) is 72.8 Å². The van der Waals surface area contributed by atoms with Gasteiger partial charge in [0, 0.05) is 26.7 Å². The average molecular weight is 511 g/mol. The number of phenols is 1. The number of carbonyl (C=O) groups is 1. The van der Waals surface area contributed by atoms with Crippen LogP contribution < -0.4 is 19.9 Å². The van der Waals surface area contributed by atoms with Crippen molar-refractivity contribution >= 4 is 5.91 Å². The third kappa shape index (κ3) is 9.64. The molecule has 0 heterocycles. The number of benzene rings is 3. The first-order valence-corrected chi connectivity index (χ1v) is 12.0. The highest BCUT2D eigenvalue weighted by molar-refractivity contribution is 5.96. The van der Waals surface area contributed by atoms with E-state index in [0.717, 1.165) is 5.56 Å². The number of amides is 1. The van der Waals surface area contributed by atoms with E-state index < -0.39 is 12.0 Å². The topological polar surface area (TPSA) is 124 Å². The van der Waals surface area contributed by atoms with Crippen LogP contribution in [0.5, 0.6) is 23.0 Å². The van der Waals surface area contributed by atoms with Crippen LogP contribution in [0.4, 0.5) is 0 Å². The zero-order chi connectivity index (χ0) is 26.5. The number of rotatable bonds is 16. The summed E-state index contributed by atoms with van der Waals surface area (Å²) in [6.45, 7) is 2.74. The lowest BCUT2D eigenvalue weighted by molar-refractivity contribution is 0.0604. The molecular weight excluding hydrogens is 476 g/mol. The maximum absolute atomic E-state index is 11.7. The summed E-state index contributed by atoms with van der Waals surface area (Å²) in [4.78, 5) is 13.7. The smallest absolute Gasteiger partial charge is 0.252 e. The van der Waals surface area contributed by atoms with Gasteiger partial charge in [0.1, 0.15) is 48.9 Å². The monoisotopic (exact) mass is 510 g/mol. The van der Waals surface area contributed by atoms with Crippen LogP contribution in [-0.2, 0) is 11.3 Å². The van der Waals surface area contributed by atoms with Crippen molar-refractivity contribution in [3.63, 3.8) is 0 Å². The number of phenolic OH excluding ortho intramolecular Hbond substituents is 1. The summed E-state index contributed by atoms with van der Waals surface area (Å²) in [6, 6.07) is 21.3. The van der Waals surface area contributed by atoms with Gasteiger partial charge in [0.25, 0.3) is 5.91 Å². The van der Waals surface area contributed by atoms with Gasteiger partial charge in [0.2, 0.25) is 0 Å². The SMILES string of the molecule is COCCOc1ccc(OCC(O)CN(CCOc2ccc(O)cc2C(N)=O)Cc2ccccc2)cc1. The van der Waals surface area contributed by atoms with E-state index in [4.69, 9.17) is 24.7 Å². The van der Waals surface area contributed by atoms with Crippen molar-refractivity contribution in [3.05, 3.63) is 83.9 Å². The fourth-order valence-electron chi connectivity index (χ4n) is 3.62. The summed E-state index contributed by atoms with van der Waals surface area (Å²) in [5.74, 6) is 0.885. The number of primary amides is 1. The summed E-state index contributed by atoms with van der Waals surface area (Å²) in [5.41, 5.74) is 6.60. The predicted octanol–water partition coefficient (Wildman–Crippen LogP) is 2.84. The maximum Gasteiger partial charge on any atom is 0.252 e. The molecule has 0 aliphatic carbocycles. The molecule has 198 valence electrons. The first-order valence-electron chi connectivity index (χ1n) is 12.0. The minimum absolute atomic E-state index is 0.0664. The lowest BCUT2D eigenvalue weighted by Gasteiger charge is -2.25. The number of nitrogens with zero attached hydrogens (tertiary/aromatic N) is 1. The van der Waals surface area contributed by atoms with Crippen molar-refractivity contribution in [2.75, 3.05) is 46.6 Å². The van der Waals surface area contributed by atoms with E-state index in [9.17, 15) is 15.0 Å². The number of hydrogen-bond donors (Lipinski definition) is 3. The van der Waals surface area contributed by atoms with Crippen LogP contribution in [0.1, 0.15) is 15.9 Å². The normalized spacial score (nSPS) is 11.8. The Morgan fingerprint density at radius 2 is 1.62 bits per heavy atom. The molecule has 0 aliphatic rings. The van der Waals surface area contributed by atoms with Crippen molar-refractivity contribution < 1.29 is 34.0 Å². The van der Waals surface area contributed by atoms with E-state index in [1.807, 2.05) is 35.2 Å². The molecule has 1 unspecified atom stereocenters. The van der Waals surface area contributed by atoms with Gasteiger partial charge < -0.3 is 34.9 Å². The molecule has 0 aromatic heterocycles. The lowest BCUT2D eigenvalue weighted by atomic mass is 10.2. The predicted molar refractivity (Wildman–Crippen MR) is 139 cm³/mol. The number of methoxy groups -OCH3 is 1. The van der Waals surface area contributed by atoms with Crippen LogP contribution in [-0.4, -0.2) is 73.8 Å². The molecule has 3 rings (SSSR count). The van der Waals surface area contributed by atoms with Crippen LogP contribution >= 0.6 is 0 Å². The average Bonchev–Trinajstić information content (AvgIpc) is 2.89. The molecule has 0 bridgehead atoms. The van der Waals surface area contributed by atoms with Gasteiger partial charge in [0.05, 0.1) is 12.2 Å². The Morgan fingerprint density at radius 1 is 0.919 bits per heavy atom. The van der Waals surface area contributed by atoms with Gasteiger partial charge >= 0.3 is 0 Å². The lowest BCUT2D eigenvalue weighted by Crippen LogP contribution is -2.37. The first kappa shape index (κ1) is 27.8. The minimum atomic E-state index is -0.754. The van der Waals surface area contributed by atoms with E-state index >= 15 is 0 Å². The van der Waals surface area contributed by atoms with Gasteiger partial charge in [-0.25, -0.2) is 0 Å². The van der Waals surface area contributed by atoms with E-state index in [-0.39, 0.29) is 24.5 Å². The summed E-state index contributed by atoms with van der Waals surface area (Å²) >= 11 is 0. The summed E-state index contributed by atoms with van der Waals surface area (Å²) in [5, 5.41) is 20.3. The quantitative estimate of drug-likeness (QED) is 0.251. The van der Waals surface area contributed by atoms with Crippen LogP contribution in [0.25, 0.3) is 0 Å². The number of nitrogens with two attached hydrogens (primary N) is 1. The van der Waals surface area contributed by atoms with E-state index in [1.54, 1.807) is 31.4 Å². The molecule has 3 aromatic rings. The van der Waals surface area contributed by atoms with Gasteiger partial charge in [-0.2, -0.15) is 0 Å². The van der Waals surface area contributed by atoms with Crippen molar-refractivity contribution in [1.82, 2.24) is 4.90 Å². The number of carbonyl (C=O) groups excluding carboxylic acids is 1. The van der Waals surface area contributed by atoms with Crippen molar-refractivity contribution in [2.24, 2.45) is 5.73 Å². The van der Waals surface area contributed by atoms with Crippen molar-refractivity contribution in [2.45, 2.75) is 12.6 Å². The molecule has 37 heavy (non-hydrogen) atoms. The highest BCUT2D eigenvalue weighted by Crippen LogP contribution is 2.23. The highest BCUT2D eigenvalue weighted by atomic mass is 16.5. The Morgan fingerprint density at radius 3 is 2.30 bits per heavy atom. The van der Waals surface area contributed by atoms with Crippen molar-refractivity contribution in [1.29, 1.82) is 0 Å². The largest absolute Gasteiger partial charge is 0.508 e. The van der Waals surface area contributed by atoms with Crippen LogP contribution in [0.2, 0.25) is 0 Å². The third-order valence-electron chi connectivity index (χ3n) is 5.43. The third-order valence-corrected chi connectivity index (χ3v) is 5.43. The van der Waals surface area contributed by atoms with Gasteiger partial charge in [-0.15, -0.1) is 0 Å². The molecule has 3 aromatic carbocycles. The Labute approximate surface area is 216 Å². The minimum Gasteiger partial charge on any atom is -0.508 e. The molecule has 1 atom stereocenters. The van der Waals surface area contributed by atoms with Crippen LogP contribution in [0, 0.1) is 0 Å². The zero-order valence-electron chi connectivity index (χ0n) is 20.9. The van der Waals surface area contributed by atoms with E-state index in [2.05, 4.69) is 0 Å². The molecule has 0 saturated heterocycles. The van der Waals surface area contributed by atoms with Gasteiger partial charge in [-0.1, -0.05) is 30.3 Å². The molecule has 9 heteroatoms. The molecule has 0 fully saturated rings. The Kier molecular flexibility index (Phi) is 11.0. The van der Waals surface area contributed by atoms with E-state index in [1.165, 1.54) is 18.2 Å². The summed E-state index contributed by atoms with van der Waals surface area (Å²) in [7, 11) is 1.62. The Hall–Kier alpha value is -3.79. The second-order valence-electron chi connectivity index (χ2n) is 8.39. The molecule has 1 amide bonds. The number of aromatic hydroxyl groups is 1. The maximum atomic E-state index is 11.7. The second kappa shape index (κ2) is 14.7. The van der Waals surface area contributed by atoms with Gasteiger partial charge in [-0.05, 0) is 48.0 Å². The number of hydrogen-bond acceptors (Lipinski definition) is 8. The Bertz CT molecular complexity index is 1090. The molecule has 4 N–H and O–H groups in total. The number of aliphatic hydroxyl groups excluding tert-OH is 1.